The van der Waals surface area contributed by atoms with Crippen LogP contribution in [0.1, 0.15) is 5.69 Å². The molecule has 0 saturated carbocycles. The second kappa shape index (κ2) is 4.90. The molecule has 0 unspecified atom stereocenters. The second-order valence-electron chi connectivity index (χ2n) is 3.57. The number of H-pyrrole nitrogens is 2. The molecule has 9 nitrogen and oxygen atoms in total. The van der Waals surface area contributed by atoms with Crippen molar-refractivity contribution in [2.45, 2.75) is 0 Å². The first-order chi connectivity index (χ1) is 9.65. The van der Waals surface area contributed by atoms with Crippen LogP contribution < -0.4 is 16.7 Å². The van der Waals surface area contributed by atoms with E-state index in [0.29, 0.717) is 10.8 Å². The number of hydrazone groups is 1. The molecule has 0 saturated heterocycles. The Bertz CT molecular complexity index is 905. The summed E-state index contributed by atoms with van der Waals surface area (Å²) in [6.07, 6.45) is 3.20. The molecular formula is C9H6ClN7O2S. The summed E-state index contributed by atoms with van der Waals surface area (Å²) in [6.45, 7) is 0. The highest BCUT2D eigenvalue weighted by atomic mass is 35.5. The number of hydrogen-bond acceptors (Lipinski definition) is 7. The lowest BCUT2D eigenvalue weighted by Crippen LogP contribution is -2.25. The predicted molar refractivity (Wildman–Crippen MR) is 74.8 cm³/mol. The van der Waals surface area contributed by atoms with Gasteiger partial charge in [-0.25, -0.2) is 14.9 Å². The number of aromatic nitrogens is 5. The number of rotatable bonds is 3. The third-order valence-electron chi connectivity index (χ3n) is 2.32. The molecular weight excluding hydrogens is 306 g/mol. The van der Waals surface area contributed by atoms with Crippen LogP contribution in [0, 0.1) is 0 Å². The zero-order chi connectivity index (χ0) is 14.1. The van der Waals surface area contributed by atoms with Crippen molar-refractivity contribution < 1.29 is 0 Å². The molecule has 3 heterocycles. The van der Waals surface area contributed by atoms with Crippen LogP contribution in [-0.2, 0) is 0 Å². The number of anilines is 1. The van der Waals surface area contributed by atoms with Crippen LogP contribution in [0.5, 0.6) is 0 Å². The maximum absolute atomic E-state index is 11.4. The van der Waals surface area contributed by atoms with E-state index >= 15 is 0 Å². The summed E-state index contributed by atoms with van der Waals surface area (Å²) in [5.74, 6) is -0.136. The SMILES string of the molecule is O=c1[nH]nc(NN=Cc2c(Cl)nc3sccn23)c(=O)[nH]1. The van der Waals surface area contributed by atoms with Crippen molar-refractivity contribution in [1.82, 2.24) is 24.6 Å². The maximum atomic E-state index is 11.4. The average molecular weight is 312 g/mol. The van der Waals surface area contributed by atoms with Gasteiger partial charge in [0.25, 0.3) is 5.56 Å². The summed E-state index contributed by atoms with van der Waals surface area (Å²) in [4.78, 5) is 29.0. The van der Waals surface area contributed by atoms with Gasteiger partial charge in [0.05, 0.1) is 6.21 Å². The highest BCUT2D eigenvalue weighted by Gasteiger charge is 2.08. The molecule has 0 bridgehead atoms. The minimum Gasteiger partial charge on any atom is -0.288 e. The van der Waals surface area contributed by atoms with E-state index in [1.165, 1.54) is 17.6 Å². The van der Waals surface area contributed by atoms with Crippen molar-refractivity contribution in [3.63, 3.8) is 0 Å². The van der Waals surface area contributed by atoms with E-state index in [1.807, 2.05) is 10.4 Å². The van der Waals surface area contributed by atoms with Gasteiger partial charge in [0.15, 0.2) is 10.1 Å². The molecule has 11 heteroatoms. The molecule has 3 N–H and O–H groups in total. The van der Waals surface area contributed by atoms with Gasteiger partial charge in [-0.1, -0.05) is 11.6 Å². The fourth-order valence-electron chi connectivity index (χ4n) is 1.47. The van der Waals surface area contributed by atoms with Gasteiger partial charge in [-0.05, 0) is 0 Å². The summed E-state index contributed by atoms with van der Waals surface area (Å²) in [5.41, 5.74) is 1.61. The molecule has 0 atom stereocenters. The molecule has 0 aromatic carbocycles. The summed E-state index contributed by atoms with van der Waals surface area (Å²) >= 11 is 7.40. The lowest BCUT2D eigenvalue weighted by Gasteiger charge is -1.96. The first kappa shape index (κ1) is 12.6. The van der Waals surface area contributed by atoms with E-state index in [9.17, 15) is 9.59 Å². The quantitative estimate of drug-likeness (QED) is 0.473. The maximum Gasteiger partial charge on any atom is 0.342 e. The van der Waals surface area contributed by atoms with Crippen LogP contribution >= 0.6 is 22.9 Å². The fraction of sp³-hybridized carbons (Fsp3) is 0. The average Bonchev–Trinajstić information content (AvgIpc) is 2.94. The minimum absolute atomic E-state index is 0.136. The highest BCUT2D eigenvalue weighted by molar-refractivity contribution is 7.15. The van der Waals surface area contributed by atoms with Gasteiger partial charge < -0.3 is 0 Å². The van der Waals surface area contributed by atoms with Gasteiger partial charge in [-0.2, -0.15) is 5.10 Å². The first-order valence-electron chi connectivity index (χ1n) is 5.24. The number of nitrogens with zero attached hydrogens (tertiary/aromatic N) is 4. The van der Waals surface area contributed by atoms with Gasteiger partial charge in [0.2, 0.25) is 5.82 Å². The minimum atomic E-state index is -0.691. The van der Waals surface area contributed by atoms with E-state index in [4.69, 9.17) is 11.6 Å². The first-order valence-corrected chi connectivity index (χ1v) is 6.50. The summed E-state index contributed by atoms with van der Waals surface area (Å²) in [5, 5.41) is 11.6. The van der Waals surface area contributed by atoms with Crippen molar-refractivity contribution in [1.29, 1.82) is 0 Å². The normalized spacial score (nSPS) is 11.4. The number of nitrogens with one attached hydrogen (secondary N) is 3. The molecule has 0 aliphatic carbocycles. The summed E-state index contributed by atoms with van der Waals surface area (Å²) < 4.78 is 1.75. The number of fused-ring (bicyclic) bond motifs is 1. The number of aromatic amines is 2. The molecule has 20 heavy (non-hydrogen) atoms. The Kier molecular flexibility index (Phi) is 3.08. The zero-order valence-corrected chi connectivity index (χ0v) is 11.2. The van der Waals surface area contributed by atoms with Crippen LogP contribution in [-0.4, -0.2) is 30.8 Å². The molecule has 3 rings (SSSR count). The fourth-order valence-corrected chi connectivity index (χ4v) is 2.46. The van der Waals surface area contributed by atoms with E-state index in [0.717, 1.165) is 4.96 Å². The van der Waals surface area contributed by atoms with Crippen LogP contribution in [0.3, 0.4) is 0 Å². The Morgan fingerprint density at radius 1 is 1.50 bits per heavy atom. The Hall–Kier alpha value is -2.46. The third kappa shape index (κ3) is 2.21. The molecule has 0 aliphatic heterocycles. The Labute approximate surface area is 119 Å². The standard InChI is InChI=1S/C9H6ClN7O2S/c10-5-4(17-1-2-20-9(17)12-5)3-11-14-6-7(18)13-8(19)16-15-6/h1-3H,(H,14,15)(H2,13,16,18,19). The van der Waals surface area contributed by atoms with E-state index < -0.39 is 11.2 Å². The molecule has 3 aromatic heterocycles. The van der Waals surface area contributed by atoms with Crippen molar-refractivity contribution in [2.24, 2.45) is 5.10 Å². The highest BCUT2D eigenvalue weighted by Crippen LogP contribution is 2.19. The summed E-state index contributed by atoms with van der Waals surface area (Å²) in [6, 6.07) is 0. The van der Waals surface area contributed by atoms with Crippen LogP contribution in [0.2, 0.25) is 5.15 Å². The van der Waals surface area contributed by atoms with Gasteiger partial charge in [-0.15, -0.1) is 16.4 Å². The number of thiazole rings is 1. The molecule has 102 valence electrons. The van der Waals surface area contributed by atoms with Crippen molar-refractivity contribution in [3.8, 4) is 0 Å². The molecule has 0 radical (unpaired) electrons. The lowest BCUT2D eigenvalue weighted by atomic mass is 10.5. The van der Waals surface area contributed by atoms with Crippen LogP contribution in [0.15, 0.2) is 26.3 Å². The Morgan fingerprint density at radius 3 is 3.15 bits per heavy atom. The van der Waals surface area contributed by atoms with E-state index in [2.05, 4.69) is 25.7 Å². The number of hydrogen-bond donors (Lipinski definition) is 3. The number of halogens is 1. The summed E-state index contributed by atoms with van der Waals surface area (Å²) in [7, 11) is 0. The smallest absolute Gasteiger partial charge is 0.288 e. The molecule has 0 aliphatic rings. The van der Waals surface area contributed by atoms with Crippen molar-refractivity contribution in [3.05, 3.63) is 43.3 Å². The van der Waals surface area contributed by atoms with Gasteiger partial charge >= 0.3 is 5.69 Å². The van der Waals surface area contributed by atoms with Crippen molar-refractivity contribution >= 4 is 39.9 Å². The van der Waals surface area contributed by atoms with E-state index in [1.54, 1.807) is 10.6 Å². The van der Waals surface area contributed by atoms with E-state index in [-0.39, 0.29) is 5.82 Å². The second-order valence-corrected chi connectivity index (χ2v) is 4.80. The largest absolute Gasteiger partial charge is 0.342 e. The van der Waals surface area contributed by atoms with Gasteiger partial charge in [0.1, 0.15) is 5.69 Å². The predicted octanol–water partition coefficient (Wildman–Crippen LogP) is 0.267. The van der Waals surface area contributed by atoms with Crippen LogP contribution in [0.4, 0.5) is 5.82 Å². The topological polar surface area (TPSA) is 120 Å². The van der Waals surface area contributed by atoms with Crippen molar-refractivity contribution in [2.75, 3.05) is 5.43 Å². The molecule has 0 spiro atoms. The molecule has 0 fully saturated rings. The van der Waals surface area contributed by atoms with Crippen LogP contribution in [0.25, 0.3) is 4.96 Å². The third-order valence-corrected chi connectivity index (χ3v) is 3.36. The lowest BCUT2D eigenvalue weighted by molar-refractivity contribution is 0.890. The zero-order valence-electron chi connectivity index (χ0n) is 9.62. The monoisotopic (exact) mass is 311 g/mol. The Balaban J connectivity index is 1.87. The van der Waals surface area contributed by atoms with Gasteiger partial charge in [-0.3, -0.25) is 19.6 Å². The molecule has 3 aromatic rings. The Morgan fingerprint density at radius 2 is 2.35 bits per heavy atom. The van der Waals surface area contributed by atoms with Gasteiger partial charge in [0, 0.05) is 11.6 Å². The molecule has 0 amide bonds. The number of imidazole rings is 1.